The lowest BCUT2D eigenvalue weighted by Crippen LogP contribution is -2.56. The molecule has 5 heterocycles. The van der Waals surface area contributed by atoms with Gasteiger partial charge in [-0.1, -0.05) is 11.6 Å². The Bertz CT molecular complexity index is 2680. The number of aliphatic imine (C=N–C) groups is 1. The number of aldehydes is 1. The number of aromatic nitrogens is 7. The lowest BCUT2D eigenvalue weighted by Gasteiger charge is -2.23. The van der Waals surface area contributed by atoms with E-state index in [4.69, 9.17) is 31.4 Å². The first kappa shape index (κ1) is 69.5. The molecule has 2 aliphatic rings. The number of likely N-dealkylation sites (N-methyl/N-ethyl adjacent to an activating group) is 1. The molecule has 2 fully saturated rings. The van der Waals surface area contributed by atoms with Gasteiger partial charge in [-0.05, 0) is 52.0 Å². The third-order valence-corrected chi connectivity index (χ3v) is 15.1. The number of urea groups is 1. The summed E-state index contributed by atoms with van der Waals surface area (Å²) in [6, 6.07) is -5.48. The molecule has 0 aromatic carbocycles. The summed E-state index contributed by atoms with van der Waals surface area (Å²) in [5, 5.41) is 35.8. The van der Waals surface area contributed by atoms with Crippen molar-refractivity contribution < 1.29 is 62.2 Å². The van der Waals surface area contributed by atoms with Gasteiger partial charge in [0.05, 0.1) is 82.6 Å². The third-order valence-electron chi connectivity index (χ3n) is 13.5. The van der Waals surface area contributed by atoms with Crippen LogP contribution in [0.3, 0.4) is 0 Å². The Morgan fingerprint density at radius 2 is 1.38 bits per heavy atom. The summed E-state index contributed by atoms with van der Waals surface area (Å²) < 4.78 is 18.1. The largest absolute Gasteiger partial charge is 0.377 e. The smallest absolute Gasteiger partial charge is 0.315 e. The van der Waals surface area contributed by atoms with Gasteiger partial charge in [-0.25, -0.2) is 14.8 Å². The lowest BCUT2D eigenvalue weighted by molar-refractivity contribution is -0.134. The quantitative estimate of drug-likeness (QED) is 0.00824. The number of guanidine groups is 1. The molecule has 34 nitrogen and oxygen atoms in total. The first-order chi connectivity index (χ1) is 42.0. The van der Waals surface area contributed by atoms with E-state index in [2.05, 4.69) is 88.4 Å². The summed E-state index contributed by atoms with van der Waals surface area (Å²) in [6.07, 6.45) is 12.1. The van der Waals surface area contributed by atoms with Crippen LogP contribution in [-0.4, -0.2) is 227 Å². The van der Waals surface area contributed by atoms with Crippen LogP contribution in [0.1, 0.15) is 74.9 Å². The predicted octanol–water partition coefficient (Wildman–Crippen LogP) is -5.69. The van der Waals surface area contributed by atoms with Crippen LogP contribution in [0, 0.1) is 0 Å². The number of unbranched alkanes of at least 4 members (excludes halogenated alkanes) is 2. The number of aryl methyl sites for hydroxylation is 1. The van der Waals surface area contributed by atoms with Crippen LogP contribution in [0.25, 0.3) is 0 Å². The molecule has 2 aliphatic heterocycles. The number of hydrogen-bond acceptors (Lipinski definition) is 20. The highest BCUT2D eigenvalue weighted by Gasteiger charge is 2.42. The van der Waals surface area contributed by atoms with Crippen molar-refractivity contribution >= 4 is 77.3 Å². The van der Waals surface area contributed by atoms with Crippen molar-refractivity contribution in [3.8, 4) is 0 Å². The minimum Gasteiger partial charge on any atom is -0.377 e. The summed E-state index contributed by atoms with van der Waals surface area (Å²) in [4.78, 5) is 146. The number of nitrogens with one attached hydrogen (secondary N) is 12. The molecule has 480 valence electrons. The molecule has 8 atom stereocenters. The molecule has 3 aromatic rings. The summed E-state index contributed by atoms with van der Waals surface area (Å²) in [7, 11) is 1.58. The van der Waals surface area contributed by atoms with E-state index in [-0.39, 0.29) is 120 Å². The van der Waals surface area contributed by atoms with E-state index in [1.54, 1.807) is 13.2 Å². The van der Waals surface area contributed by atoms with Gasteiger partial charge in [-0.15, -0.1) is 5.10 Å². The van der Waals surface area contributed by atoms with Crippen LogP contribution in [-0.2, 0) is 83.2 Å². The highest BCUT2D eigenvalue weighted by Crippen LogP contribution is 2.33. The van der Waals surface area contributed by atoms with E-state index in [0.717, 1.165) is 25.0 Å². The highest BCUT2D eigenvalue weighted by atomic mass is 32.2. The molecule has 0 spiro atoms. The minimum atomic E-state index is -1.36. The van der Waals surface area contributed by atoms with Gasteiger partial charge in [0, 0.05) is 86.3 Å². The molecule has 0 aliphatic carbocycles. The molecule has 2 saturated heterocycles. The van der Waals surface area contributed by atoms with Gasteiger partial charge >= 0.3 is 6.03 Å². The molecule has 2 unspecified atom stereocenters. The summed E-state index contributed by atoms with van der Waals surface area (Å²) in [5.74, 6) is -4.11. The Morgan fingerprint density at radius 1 is 0.724 bits per heavy atom. The number of thioether (sulfide) groups is 1. The number of ether oxygens (including phenoxy) is 3. The standard InChI is InChI=1S/C52H83N21O13S/c1-56-24-43(76)65-38(20-34-23-58-31-63-34)49(81)67-36(47(53)79)8-4-5-13-73-26-35(71-72-73)21-39(50(82)68-37(19-33-22-57-30-62-33)48(80)61-25-44(77)64-32(27-74)7-6-11-60-51(54)55)66-45(78)28-86-18-17-85-16-15-84-14-12-59-42(75)10-3-2-9-41-46-40(29-87-41)69-52(83)70-46/h22-23,26-27,30-32,36-41,46,56H,2-21,24-25,28-29H2,1H3,(H2,53,79)(H,57,62)(H,58,63)(H,59,75)(H,61,80)(H,64,77)(H,65,76)(H,66,78)(H,67,81)(H,68,82)(H4,54,55,60)(H2,69,70,83)/t32-,36?,37-,38-,39?,40+,41+,46+/m0/s1. The van der Waals surface area contributed by atoms with Crippen LogP contribution in [0.5, 0.6) is 0 Å². The van der Waals surface area contributed by atoms with Gasteiger partial charge in [0.15, 0.2) is 5.96 Å². The second-order valence-corrected chi connectivity index (χ2v) is 21.8. The number of nitrogens with two attached hydrogens (primary N) is 3. The number of carbonyl (C=O) groups excluding carboxylic acids is 10. The zero-order valence-electron chi connectivity index (χ0n) is 48.7. The lowest BCUT2D eigenvalue weighted by atomic mass is 10.0. The van der Waals surface area contributed by atoms with Gasteiger partial charge in [0.25, 0.3) is 0 Å². The van der Waals surface area contributed by atoms with E-state index in [9.17, 15) is 47.9 Å². The molecule has 5 rings (SSSR count). The molecule has 18 N–H and O–H groups in total. The van der Waals surface area contributed by atoms with Gasteiger partial charge in [-0.3, -0.25) is 48.0 Å². The summed E-state index contributed by atoms with van der Waals surface area (Å²) >= 11 is 1.85. The van der Waals surface area contributed by atoms with Crippen molar-refractivity contribution in [1.82, 2.24) is 88.1 Å². The fraction of sp³-hybridized carbons (Fsp3) is 0.635. The third kappa shape index (κ3) is 26.9. The fourth-order valence-corrected chi connectivity index (χ4v) is 10.7. The van der Waals surface area contributed by atoms with Crippen molar-refractivity contribution in [1.29, 1.82) is 0 Å². The maximum atomic E-state index is 14.2. The van der Waals surface area contributed by atoms with Crippen LogP contribution < -0.4 is 70.4 Å². The molecular formula is C52H83N21O13S. The van der Waals surface area contributed by atoms with E-state index in [1.807, 2.05) is 11.8 Å². The van der Waals surface area contributed by atoms with Crippen molar-refractivity contribution in [3.05, 3.63) is 48.3 Å². The number of hydrogen-bond donors (Lipinski definition) is 15. The molecule has 10 amide bonds. The highest BCUT2D eigenvalue weighted by molar-refractivity contribution is 8.00. The number of amides is 10. The van der Waals surface area contributed by atoms with Crippen LogP contribution in [0.15, 0.2) is 36.2 Å². The number of nitrogens with zero attached hydrogens (tertiary/aromatic N) is 6. The van der Waals surface area contributed by atoms with E-state index in [0.29, 0.717) is 55.2 Å². The first-order valence-corrected chi connectivity index (χ1v) is 29.8. The van der Waals surface area contributed by atoms with Crippen molar-refractivity contribution in [2.24, 2.45) is 22.2 Å². The summed E-state index contributed by atoms with van der Waals surface area (Å²) in [5.41, 5.74) is 17.7. The monoisotopic (exact) mass is 1240 g/mol. The zero-order valence-corrected chi connectivity index (χ0v) is 49.5. The Labute approximate surface area is 506 Å². The van der Waals surface area contributed by atoms with Gasteiger partial charge < -0.3 is 99.3 Å². The Balaban J connectivity index is 1.10. The summed E-state index contributed by atoms with van der Waals surface area (Å²) in [6.45, 7) is 0.579. The number of primary amides is 1. The maximum absolute atomic E-state index is 14.2. The van der Waals surface area contributed by atoms with Gasteiger partial charge in [-0.2, -0.15) is 11.8 Å². The fourth-order valence-electron chi connectivity index (χ4n) is 9.18. The number of rotatable bonds is 45. The first-order valence-electron chi connectivity index (χ1n) is 28.7. The number of imidazole rings is 2. The van der Waals surface area contributed by atoms with Crippen molar-refractivity contribution in [3.63, 3.8) is 0 Å². The van der Waals surface area contributed by atoms with Gasteiger partial charge in [0.1, 0.15) is 37.1 Å². The number of H-pyrrole nitrogens is 2. The normalized spacial score (nSPS) is 16.7. The van der Waals surface area contributed by atoms with E-state index >= 15 is 0 Å². The molecule has 0 saturated carbocycles. The minimum absolute atomic E-state index is 0.000664. The molecule has 35 heteroatoms. The molecule has 87 heavy (non-hydrogen) atoms. The van der Waals surface area contributed by atoms with Crippen molar-refractivity contribution in [2.45, 2.75) is 131 Å². The molecule has 3 aromatic heterocycles. The van der Waals surface area contributed by atoms with Crippen LogP contribution in [0.2, 0.25) is 0 Å². The molecule has 0 bridgehead atoms. The predicted molar refractivity (Wildman–Crippen MR) is 313 cm³/mol. The number of carbonyl (C=O) groups is 10. The Morgan fingerprint density at radius 3 is 2.05 bits per heavy atom. The number of aromatic amines is 2. The Kier molecular flexibility index (Phi) is 30.9. The number of fused-ring (bicyclic) bond motifs is 1. The topological polar surface area (TPSA) is 497 Å². The SMILES string of the molecule is CNCC(=O)N[C@@H](Cc1cnc[nH]1)C(=O)NC(CCCCn1cc(CC(NC(=O)COCCOCCOCCNC(=O)CCCC[C@H]2SC[C@H]3NC(=O)N[C@H]32)C(=O)N[C@@H](Cc2cnc[nH]2)C(=O)NCC(=O)N[C@H](C=O)CCCN=C(N)N)nn1)C(N)=O. The molecular weight excluding hydrogens is 1160 g/mol. The second-order valence-electron chi connectivity index (χ2n) is 20.5. The average molecular weight is 1240 g/mol. The molecule has 0 radical (unpaired) electrons. The average Bonchev–Trinajstić information content (AvgIpc) is 4.59. The van der Waals surface area contributed by atoms with Crippen molar-refractivity contribution in [2.75, 3.05) is 78.6 Å². The van der Waals surface area contributed by atoms with Gasteiger partial charge in [0.2, 0.25) is 47.3 Å². The second kappa shape index (κ2) is 38.7. The maximum Gasteiger partial charge on any atom is 0.315 e. The van der Waals surface area contributed by atoms with E-state index in [1.165, 1.54) is 29.7 Å². The Hall–Kier alpha value is -8.28. The zero-order chi connectivity index (χ0) is 62.8. The van der Waals surface area contributed by atoms with E-state index < -0.39 is 84.7 Å². The van der Waals surface area contributed by atoms with Crippen LogP contribution >= 0.6 is 11.8 Å². The van der Waals surface area contributed by atoms with Crippen LogP contribution in [0.4, 0.5) is 4.79 Å².